The van der Waals surface area contributed by atoms with Crippen molar-refractivity contribution in [1.29, 1.82) is 0 Å². The summed E-state index contributed by atoms with van der Waals surface area (Å²) in [6.45, 7) is 2.56. The van der Waals surface area contributed by atoms with E-state index in [1.807, 2.05) is 0 Å². The van der Waals surface area contributed by atoms with Crippen molar-refractivity contribution in [3.8, 4) is 0 Å². The van der Waals surface area contributed by atoms with Crippen molar-refractivity contribution in [3.63, 3.8) is 0 Å². The Kier molecular flexibility index (Phi) is 23.6. The minimum absolute atomic E-state index is 0.0679. The number of rotatable bonds is 25. The van der Waals surface area contributed by atoms with Gasteiger partial charge in [0, 0.05) is 13.2 Å². The van der Waals surface area contributed by atoms with Gasteiger partial charge in [0.2, 0.25) is 0 Å². The van der Waals surface area contributed by atoms with Crippen LogP contribution in [0.1, 0.15) is 96.8 Å². The summed E-state index contributed by atoms with van der Waals surface area (Å²) >= 11 is 0. The van der Waals surface area contributed by atoms with Crippen LogP contribution in [-0.4, -0.2) is 49.2 Å². The van der Waals surface area contributed by atoms with Crippen LogP contribution in [0.5, 0.6) is 0 Å². The van der Waals surface area contributed by atoms with E-state index in [0.717, 1.165) is 12.8 Å². The molecule has 0 amide bonds. The van der Waals surface area contributed by atoms with Gasteiger partial charge >= 0.3 is 7.82 Å². The number of ether oxygens (including phenoxy) is 1. The lowest BCUT2D eigenvalue weighted by Crippen LogP contribution is -2.24. The normalized spacial score (nSPS) is 14.8. The SMILES string of the molecule is CCCCCCCC/C=C\CCCCCCCCOC[C@H](COP(=O)(O)OCCN)OO. The summed E-state index contributed by atoms with van der Waals surface area (Å²) in [6.07, 6.45) is 21.3. The van der Waals surface area contributed by atoms with Crippen LogP contribution in [0.15, 0.2) is 12.2 Å². The maximum Gasteiger partial charge on any atom is 0.472 e. The Bertz CT molecular complexity index is 466. The van der Waals surface area contributed by atoms with E-state index in [0.29, 0.717) is 6.61 Å². The Morgan fingerprint density at radius 2 is 1.38 bits per heavy atom. The molecule has 0 fully saturated rings. The summed E-state index contributed by atoms with van der Waals surface area (Å²) in [5, 5.41) is 8.85. The zero-order chi connectivity index (χ0) is 23.8. The van der Waals surface area contributed by atoms with Crippen molar-refractivity contribution in [2.24, 2.45) is 5.73 Å². The molecule has 2 atom stereocenters. The van der Waals surface area contributed by atoms with Gasteiger partial charge in [-0.1, -0.05) is 76.9 Å². The number of allylic oxidation sites excluding steroid dienone is 2. The Hall–Kier alpha value is -0.310. The lowest BCUT2D eigenvalue weighted by molar-refractivity contribution is -0.292. The van der Waals surface area contributed by atoms with E-state index in [9.17, 15) is 9.46 Å². The Morgan fingerprint density at radius 1 is 0.812 bits per heavy atom. The maximum absolute atomic E-state index is 11.5. The van der Waals surface area contributed by atoms with Crippen LogP contribution in [0.3, 0.4) is 0 Å². The second-order valence-corrected chi connectivity index (χ2v) is 9.58. The lowest BCUT2D eigenvalue weighted by atomic mass is 10.1. The molecule has 1 unspecified atom stereocenters. The first-order chi connectivity index (χ1) is 15.6. The number of nitrogens with two attached hydrogens (primary N) is 1. The predicted octanol–water partition coefficient (Wildman–Crippen LogP) is 5.99. The molecule has 0 rings (SSSR count). The summed E-state index contributed by atoms with van der Waals surface area (Å²) in [5.41, 5.74) is 5.20. The van der Waals surface area contributed by atoms with Gasteiger partial charge in [0.15, 0.2) is 0 Å². The van der Waals surface area contributed by atoms with E-state index in [2.05, 4.69) is 28.5 Å². The second-order valence-electron chi connectivity index (χ2n) is 8.13. The highest BCUT2D eigenvalue weighted by atomic mass is 31.2. The van der Waals surface area contributed by atoms with Crippen molar-refractivity contribution in [1.82, 2.24) is 0 Å². The molecular formula is C23H48NO7P. The lowest BCUT2D eigenvalue weighted by Gasteiger charge is -2.16. The predicted molar refractivity (Wildman–Crippen MR) is 129 cm³/mol. The molecular weight excluding hydrogens is 433 g/mol. The first kappa shape index (κ1) is 31.7. The molecule has 0 radical (unpaired) electrons. The molecule has 32 heavy (non-hydrogen) atoms. The van der Waals surface area contributed by atoms with E-state index in [1.54, 1.807) is 0 Å². The zero-order valence-corrected chi connectivity index (χ0v) is 21.0. The summed E-state index contributed by atoms with van der Waals surface area (Å²) < 4.78 is 26.3. The second kappa shape index (κ2) is 23.8. The minimum atomic E-state index is -4.19. The van der Waals surface area contributed by atoms with Gasteiger partial charge in [-0.25, -0.2) is 9.45 Å². The van der Waals surface area contributed by atoms with Gasteiger partial charge < -0.3 is 15.4 Å². The van der Waals surface area contributed by atoms with Crippen LogP contribution in [0.25, 0.3) is 0 Å². The molecule has 192 valence electrons. The average molecular weight is 482 g/mol. The van der Waals surface area contributed by atoms with E-state index in [1.165, 1.54) is 77.0 Å². The van der Waals surface area contributed by atoms with Gasteiger partial charge in [-0.15, -0.1) is 0 Å². The first-order valence-electron chi connectivity index (χ1n) is 12.4. The van der Waals surface area contributed by atoms with Gasteiger partial charge in [-0.3, -0.25) is 14.3 Å². The number of unbranched alkanes of at least 4 members (excludes halogenated alkanes) is 12. The highest BCUT2D eigenvalue weighted by Gasteiger charge is 2.23. The molecule has 0 saturated carbocycles. The van der Waals surface area contributed by atoms with E-state index in [4.69, 9.17) is 20.3 Å². The molecule has 0 heterocycles. The molecule has 9 heteroatoms. The molecule has 0 aliphatic heterocycles. The fourth-order valence-corrected chi connectivity index (χ4v) is 3.92. The molecule has 0 aromatic carbocycles. The Balaban J connectivity index is 3.43. The third-order valence-corrected chi connectivity index (χ3v) is 6.03. The van der Waals surface area contributed by atoms with E-state index in [-0.39, 0.29) is 26.4 Å². The number of hydrogen-bond donors (Lipinski definition) is 3. The molecule has 0 saturated heterocycles. The molecule has 0 aliphatic rings. The fraction of sp³-hybridized carbons (Fsp3) is 0.913. The van der Waals surface area contributed by atoms with Crippen molar-refractivity contribution in [3.05, 3.63) is 12.2 Å². The van der Waals surface area contributed by atoms with Gasteiger partial charge in [0.25, 0.3) is 0 Å². The smallest absolute Gasteiger partial charge is 0.379 e. The Labute approximate surface area is 195 Å². The first-order valence-corrected chi connectivity index (χ1v) is 13.9. The van der Waals surface area contributed by atoms with Crippen molar-refractivity contribution < 1.29 is 33.4 Å². The van der Waals surface area contributed by atoms with Crippen LogP contribution in [-0.2, 0) is 23.2 Å². The topological polar surface area (TPSA) is 120 Å². The van der Waals surface area contributed by atoms with Gasteiger partial charge in [-0.05, 0) is 32.1 Å². The van der Waals surface area contributed by atoms with Crippen LogP contribution in [0.2, 0.25) is 0 Å². The third kappa shape index (κ3) is 22.9. The average Bonchev–Trinajstić information content (AvgIpc) is 2.79. The summed E-state index contributed by atoms with van der Waals surface area (Å²) in [5.74, 6) is 0. The summed E-state index contributed by atoms with van der Waals surface area (Å²) in [4.78, 5) is 13.6. The number of phosphoric ester groups is 1. The van der Waals surface area contributed by atoms with Crippen molar-refractivity contribution >= 4 is 7.82 Å². The zero-order valence-electron chi connectivity index (χ0n) is 20.1. The molecule has 8 nitrogen and oxygen atoms in total. The molecule has 0 spiro atoms. The maximum atomic E-state index is 11.5. The quantitative estimate of drug-likeness (QED) is 0.0478. The van der Waals surface area contributed by atoms with E-state index < -0.39 is 13.9 Å². The summed E-state index contributed by atoms with van der Waals surface area (Å²) in [6, 6.07) is 0. The van der Waals surface area contributed by atoms with Crippen LogP contribution >= 0.6 is 7.82 Å². The third-order valence-electron chi connectivity index (χ3n) is 5.05. The number of hydrogen-bond acceptors (Lipinski definition) is 7. The largest absolute Gasteiger partial charge is 0.472 e. The van der Waals surface area contributed by atoms with Gasteiger partial charge in [-0.2, -0.15) is 0 Å². The summed E-state index contributed by atoms with van der Waals surface area (Å²) in [7, 11) is -4.19. The monoisotopic (exact) mass is 481 g/mol. The molecule has 0 aromatic heterocycles. The van der Waals surface area contributed by atoms with Crippen molar-refractivity contribution in [2.75, 3.05) is 33.0 Å². The van der Waals surface area contributed by atoms with Crippen molar-refractivity contribution in [2.45, 2.75) is 103 Å². The van der Waals surface area contributed by atoms with Gasteiger partial charge in [0.05, 0.1) is 19.8 Å². The van der Waals surface area contributed by atoms with Gasteiger partial charge in [0.1, 0.15) is 6.10 Å². The van der Waals surface area contributed by atoms with E-state index >= 15 is 0 Å². The minimum Gasteiger partial charge on any atom is -0.379 e. The molecule has 0 bridgehead atoms. The molecule has 4 N–H and O–H groups in total. The Morgan fingerprint density at radius 3 is 1.94 bits per heavy atom. The number of phosphoric acid groups is 1. The van der Waals surface area contributed by atoms with Crippen LogP contribution in [0.4, 0.5) is 0 Å². The highest BCUT2D eigenvalue weighted by molar-refractivity contribution is 7.47. The molecule has 0 aromatic rings. The highest BCUT2D eigenvalue weighted by Crippen LogP contribution is 2.42. The molecule has 0 aliphatic carbocycles. The standard InChI is InChI=1S/C23H48NO7P/c1-2-3-4-5-6-7-8-9-10-11-12-13-14-15-16-17-19-28-21-23(31-25)22-30-32(26,27)29-20-18-24/h9-10,23,25H,2-8,11-22,24H2,1H3,(H,26,27)/b10-9-/t23-/m1/s1. The van der Waals surface area contributed by atoms with Crippen LogP contribution < -0.4 is 5.73 Å². The fourth-order valence-electron chi connectivity index (χ4n) is 3.16. The van der Waals surface area contributed by atoms with Crippen LogP contribution in [0, 0.1) is 0 Å².